The lowest BCUT2D eigenvalue weighted by atomic mass is 9.51. The third-order valence-corrected chi connectivity index (χ3v) is 13.4. The molecule has 1 aromatic carbocycles. The maximum atomic E-state index is 16.0. The molecule has 0 bridgehead atoms. The number of fused-ring (bicyclic) bond motifs is 5. The zero-order valence-electron chi connectivity index (χ0n) is 25.9. The van der Waals surface area contributed by atoms with Crippen LogP contribution in [-0.4, -0.2) is 78.5 Å². The molecule has 0 radical (unpaired) electrons. The molecule has 3 fully saturated rings. The number of phenols is 1. The summed E-state index contributed by atoms with van der Waals surface area (Å²) in [4.78, 5) is 2.09. The van der Waals surface area contributed by atoms with E-state index in [9.17, 15) is 40.6 Å². The number of hydrogen-bond donors (Lipinski definition) is 2. The SMILES string of the molecule is C[C@]12C[C@H](F)[C@@H]3c4ccc(O)cc4C[C@@H](CCCCCN4CCC[C@H]4CS(=O)(=O)CCCC(F)(F)C(F)(F)F)[C@H]3[C@@H]1CC[C@@H]2O. The van der Waals surface area contributed by atoms with Gasteiger partial charge < -0.3 is 10.2 Å². The number of halogens is 6. The van der Waals surface area contributed by atoms with Crippen molar-refractivity contribution in [2.75, 3.05) is 24.6 Å². The number of likely N-dealkylation sites (tertiary alicyclic amines) is 1. The number of nitrogens with zero attached hydrogens (tertiary/aromatic N) is 1. The molecule has 1 aliphatic heterocycles. The zero-order valence-corrected chi connectivity index (χ0v) is 26.7. The van der Waals surface area contributed by atoms with Crippen LogP contribution in [0.3, 0.4) is 0 Å². The Morgan fingerprint density at radius 1 is 1.04 bits per heavy atom. The van der Waals surface area contributed by atoms with E-state index in [0.29, 0.717) is 25.8 Å². The minimum absolute atomic E-state index is 0.122. The van der Waals surface area contributed by atoms with Crippen LogP contribution < -0.4 is 0 Å². The Hall–Kier alpha value is -1.53. The Kier molecular flexibility index (Phi) is 10.2. The van der Waals surface area contributed by atoms with Crippen molar-refractivity contribution >= 4 is 9.84 Å². The van der Waals surface area contributed by atoms with E-state index in [1.807, 2.05) is 13.0 Å². The molecule has 5 nitrogen and oxygen atoms in total. The molecule has 45 heavy (non-hydrogen) atoms. The molecule has 1 aromatic rings. The third kappa shape index (κ3) is 7.32. The summed E-state index contributed by atoms with van der Waals surface area (Å²) in [6.07, 6.45) is -1.83. The van der Waals surface area contributed by atoms with Crippen molar-refractivity contribution < 1.29 is 45.0 Å². The number of rotatable bonds is 12. The lowest BCUT2D eigenvalue weighted by molar-refractivity contribution is -0.284. The van der Waals surface area contributed by atoms with E-state index >= 15 is 4.39 Å². The number of aliphatic hydroxyl groups is 1. The van der Waals surface area contributed by atoms with Gasteiger partial charge in [0, 0.05) is 18.4 Å². The molecule has 12 heteroatoms. The molecule has 0 amide bonds. The standard InChI is InChI=1S/C33H47F6NO4S/c1-31-19-27(34)30-25-10-9-24(41)18-22(25)17-21(29(30)26(31)11-12-28(31)42)7-3-2-4-14-40-15-5-8-23(40)20-45(43,44)16-6-13-32(35,36)33(37,38)39/h9-10,18,21,23,26-30,41-42H,2-8,11-17,19-20H2,1H3/t21-,23+,26+,27+,28+,29+,30+,31+/m1/s1. The number of alkyl halides is 6. The predicted molar refractivity (Wildman–Crippen MR) is 160 cm³/mol. The second kappa shape index (κ2) is 13.2. The molecule has 0 aromatic heterocycles. The van der Waals surface area contributed by atoms with Gasteiger partial charge in [-0.25, -0.2) is 12.8 Å². The number of hydrogen-bond acceptors (Lipinski definition) is 5. The molecule has 2 N–H and O–H groups in total. The van der Waals surface area contributed by atoms with Gasteiger partial charge in [-0.3, -0.25) is 4.90 Å². The highest BCUT2D eigenvalue weighted by atomic mass is 32.2. The first-order chi connectivity index (χ1) is 21.0. The van der Waals surface area contributed by atoms with Crippen LogP contribution in [0.4, 0.5) is 26.3 Å². The maximum Gasteiger partial charge on any atom is 0.453 e. The Morgan fingerprint density at radius 3 is 2.53 bits per heavy atom. The van der Waals surface area contributed by atoms with Crippen molar-refractivity contribution in [3.05, 3.63) is 29.3 Å². The first-order valence-corrected chi connectivity index (χ1v) is 18.4. The van der Waals surface area contributed by atoms with Crippen LogP contribution in [0.15, 0.2) is 18.2 Å². The van der Waals surface area contributed by atoms with Gasteiger partial charge in [-0.2, -0.15) is 22.0 Å². The first-order valence-electron chi connectivity index (χ1n) is 16.6. The number of phenolic OH excluding ortho intramolecular Hbond substituents is 1. The molecule has 8 atom stereocenters. The maximum absolute atomic E-state index is 16.0. The van der Waals surface area contributed by atoms with Crippen molar-refractivity contribution in [2.24, 2.45) is 23.2 Å². The number of benzene rings is 1. The zero-order chi connectivity index (χ0) is 32.8. The van der Waals surface area contributed by atoms with E-state index < -0.39 is 58.2 Å². The van der Waals surface area contributed by atoms with E-state index in [-0.39, 0.29) is 41.2 Å². The molecule has 2 saturated carbocycles. The number of sulfone groups is 1. The largest absolute Gasteiger partial charge is 0.508 e. The lowest BCUT2D eigenvalue weighted by Crippen LogP contribution is -2.51. The van der Waals surface area contributed by atoms with Gasteiger partial charge in [0.2, 0.25) is 0 Å². The Balaban J connectivity index is 1.14. The second-order valence-electron chi connectivity index (χ2n) is 14.5. The van der Waals surface area contributed by atoms with E-state index in [4.69, 9.17) is 0 Å². The Bertz CT molecular complexity index is 1290. The molecule has 3 aliphatic carbocycles. The van der Waals surface area contributed by atoms with Gasteiger partial charge in [0.1, 0.15) is 11.9 Å². The normalized spacial score (nSPS) is 34.0. The number of unbranched alkanes of at least 4 members (excludes halogenated alkanes) is 2. The summed E-state index contributed by atoms with van der Waals surface area (Å²) in [6.45, 7) is 3.45. The Labute approximate surface area is 262 Å². The fourth-order valence-corrected chi connectivity index (χ4v) is 11.1. The van der Waals surface area contributed by atoms with E-state index in [2.05, 4.69) is 4.90 Å². The fourth-order valence-electron chi connectivity index (χ4n) is 9.34. The van der Waals surface area contributed by atoms with Gasteiger partial charge >= 0.3 is 12.1 Å². The minimum Gasteiger partial charge on any atom is -0.508 e. The summed E-state index contributed by atoms with van der Waals surface area (Å²) < 4.78 is 105. The topological polar surface area (TPSA) is 77.8 Å². The fraction of sp³-hybridized carbons (Fsp3) is 0.818. The smallest absolute Gasteiger partial charge is 0.453 e. The highest BCUT2D eigenvalue weighted by Gasteiger charge is 2.60. The predicted octanol–water partition coefficient (Wildman–Crippen LogP) is 7.20. The number of aliphatic hydroxyl groups excluding tert-OH is 1. The van der Waals surface area contributed by atoms with Crippen LogP contribution in [0.25, 0.3) is 0 Å². The van der Waals surface area contributed by atoms with E-state index in [1.54, 1.807) is 12.1 Å². The summed E-state index contributed by atoms with van der Waals surface area (Å²) in [5.74, 6) is -5.29. The molecular weight excluding hydrogens is 620 g/mol. The van der Waals surface area contributed by atoms with Crippen molar-refractivity contribution in [1.82, 2.24) is 4.90 Å². The van der Waals surface area contributed by atoms with Crippen LogP contribution in [-0.2, 0) is 16.3 Å². The molecule has 0 unspecified atom stereocenters. The average Bonchev–Trinajstić information content (AvgIpc) is 3.49. The van der Waals surface area contributed by atoms with Crippen LogP contribution in [0.2, 0.25) is 0 Å². The molecule has 0 spiro atoms. The quantitative estimate of drug-likeness (QED) is 0.182. The summed E-state index contributed by atoms with van der Waals surface area (Å²) in [6, 6.07) is 5.02. The van der Waals surface area contributed by atoms with Gasteiger partial charge in [-0.05, 0) is 117 Å². The molecular formula is C33H47F6NO4S. The average molecular weight is 668 g/mol. The van der Waals surface area contributed by atoms with Gasteiger partial charge in [0.15, 0.2) is 9.84 Å². The first kappa shape index (κ1) is 34.8. The van der Waals surface area contributed by atoms with Gasteiger partial charge in [-0.15, -0.1) is 0 Å². The Morgan fingerprint density at radius 2 is 1.80 bits per heavy atom. The lowest BCUT2D eigenvalue weighted by Gasteiger charge is -2.54. The highest BCUT2D eigenvalue weighted by molar-refractivity contribution is 7.91. The van der Waals surface area contributed by atoms with Crippen LogP contribution in [0.1, 0.15) is 94.6 Å². The number of aromatic hydroxyl groups is 1. The summed E-state index contributed by atoms with van der Waals surface area (Å²) >= 11 is 0. The van der Waals surface area contributed by atoms with Gasteiger partial charge in [0.25, 0.3) is 0 Å². The van der Waals surface area contributed by atoms with E-state index in [1.165, 1.54) is 0 Å². The molecule has 1 heterocycles. The molecule has 4 aliphatic rings. The highest BCUT2D eigenvalue weighted by Crippen LogP contribution is 2.63. The summed E-state index contributed by atoms with van der Waals surface area (Å²) in [5, 5.41) is 21.0. The van der Waals surface area contributed by atoms with Crippen molar-refractivity contribution in [3.63, 3.8) is 0 Å². The van der Waals surface area contributed by atoms with Gasteiger partial charge in [0.05, 0.1) is 17.6 Å². The van der Waals surface area contributed by atoms with E-state index in [0.717, 1.165) is 62.6 Å². The van der Waals surface area contributed by atoms with Crippen molar-refractivity contribution in [2.45, 2.75) is 120 Å². The monoisotopic (exact) mass is 667 g/mol. The van der Waals surface area contributed by atoms with Crippen LogP contribution in [0.5, 0.6) is 5.75 Å². The minimum atomic E-state index is -5.68. The third-order valence-electron chi connectivity index (χ3n) is 11.6. The van der Waals surface area contributed by atoms with Crippen molar-refractivity contribution in [3.8, 4) is 5.75 Å². The molecule has 256 valence electrons. The molecule has 5 rings (SSSR count). The summed E-state index contributed by atoms with van der Waals surface area (Å²) in [5.41, 5.74) is 1.57. The van der Waals surface area contributed by atoms with Gasteiger partial charge in [-0.1, -0.05) is 25.8 Å². The summed E-state index contributed by atoms with van der Waals surface area (Å²) in [7, 11) is -3.78. The van der Waals surface area contributed by atoms with Crippen LogP contribution in [0, 0.1) is 23.2 Å². The van der Waals surface area contributed by atoms with Crippen molar-refractivity contribution in [1.29, 1.82) is 0 Å². The van der Waals surface area contributed by atoms with Crippen LogP contribution >= 0.6 is 0 Å². The molecule has 1 saturated heterocycles. The second-order valence-corrected chi connectivity index (χ2v) is 16.7.